The Morgan fingerprint density at radius 2 is 2.19 bits per heavy atom. The van der Waals surface area contributed by atoms with Gasteiger partial charge in [0, 0.05) is 6.20 Å². The van der Waals surface area contributed by atoms with Crippen LogP contribution in [0.4, 0.5) is 23.0 Å². The molecule has 0 amide bonds. The number of methoxy groups -OCH3 is 1. The van der Waals surface area contributed by atoms with Crippen LogP contribution >= 0.6 is 0 Å². The quantitative estimate of drug-likeness (QED) is 0.585. The number of azo groups is 1. The van der Waals surface area contributed by atoms with E-state index in [2.05, 4.69) is 20.3 Å². The fourth-order valence-corrected chi connectivity index (χ4v) is 2.91. The molecule has 3 rings (SSSR count). The summed E-state index contributed by atoms with van der Waals surface area (Å²) >= 11 is 0. The van der Waals surface area contributed by atoms with Crippen molar-refractivity contribution < 1.29 is 14.3 Å². The highest BCUT2D eigenvalue weighted by molar-refractivity contribution is 5.88. The third-order valence-corrected chi connectivity index (χ3v) is 4.24. The minimum Gasteiger partial charge on any atom is -0.468 e. The van der Waals surface area contributed by atoms with E-state index >= 15 is 0 Å². The molecule has 1 unspecified atom stereocenters. The van der Waals surface area contributed by atoms with Gasteiger partial charge in [-0.3, -0.25) is 19.5 Å². The van der Waals surface area contributed by atoms with Gasteiger partial charge in [0.2, 0.25) is 0 Å². The molecule has 11 nitrogen and oxygen atoms in total. The van der Waals surface area contributed by atoms with Crippen LogP contribution in [0, 0.1) is 0 Å². The molecule has 1 saturated heterocycles. The molecule has 0 aromatic carbocycles. The van der Waals surface area contributed by atoms with Gasteiger partial charge in [-0.2, -0.15) is 4.68 Å². The van der Waals surface area contributed by atoms with Crippen LogP contribution in [-0.2, 0) is 9.53 Å². The lowest BCUT2D eigenvalue weighted by molar-refractivity contribution is -0.145. The van der Waals surface area contributed by atoms with Crippen molar-refractivity contribution >= 4 is 34.9 Å². The molecule has 2 aromatic rings. The highest BCUT2D eigenvalue weighted by Gasteiger charge is 2.33. The maximum Gasteiger partial charge on any atom is 0.323 e. The van der Waals surface area contributed by atoms with Crippen LogP contribution in [0.15, 0.2) is 34.8 Å². The summed E-state index contributed by atoms with van der Waals surface area (Å²) in [6.07, 6.45) is 4.57. The van der Waals surface area contributed by atoms with Crippen LogP contribution in [0.25, 0.3) is 0 Å². The summed E-state index contributed by atoms with van der Waals surface area (Å²) in [5.74, 6) is -0.810. The fourth-order valence-electron chi connectivity index (χ4n) is 2.91. The number of nitrogens with two attached hydrogens (primary N) is 2. The number of carbonyl (C=O) groups is 2. The number of hydrogen-bond donors (Lipinski definition) is 2. The maximum absolute atomic E-state index is 12.6. The number of ether oxygens (including phenoxy) is 1. The molecule has 142 valence electrons. The zero-order chi connectivity index (χ0) is 19.4. The van der Waals surface area contributed by atoms with E-state index in [-0.39, 0.29) is 29.8 Å². The van der Waals surface area contributed by atoms with Gasteiger partial charge in [0.1, 0.15) is 11.7 Å². The number of rotatable bonds is 5. The molecular formula is C16H20N8O3. The van der Waals surface area contributed by atoms with E-state index in [1.54, 1.807) is 23.2 Å². The molecule has 1 atom stereocenters. The highest BCUT2D eigenvalue weighted by Crippen LogP contribution is 2.30. The third-order valence-electron chi connectivity index (χ3n) is 4.24. The van der Waals surface area contributed by atoms with E-state index in [1.165, 1.54) is 13.3 Å². The van der Waals surface area contributed by atoms with Crippen LogP contribution in [0.5, 0.6) is 0 Å². The summed E-state index contributed by atoms with van der Waals surface area (Å²) in [5, 5.41) is 11.9. The normalized spacial score (nSPS) is 17.4. The van der Waals surface area contributed by atoms with E-state index in [9.17, 15) is 9.59 Å². The van der Waals surface area contributed by atoms with Crippen molar-refractivity contribution in [3.63, 3.8) is 0 Å². The second-order valence-electron chi connectivity index (χ2n) is 5.99. The molecule has 1 fully saturated rings. The Labute approximate surface area is 155 Å². The Morgan fingerprint density at radius 1 is 1.37 bits per heavy atom. The Morgan fingerprint density at radius 3 is 2.89 bits per heavy atom. The van der Waals surface area contributed by atoms with Crippen LogP contribution in [-0.4, -0.2) is 57.8 Å². The second kappa shape index (κ2) is 7.91. The van der Waals surface area contributed by atoms with Gasteiger partial charge in [0.15, 0.2) is 17.3 Å². The number of carbonyl (C=O) groups excluding carboxylic acids is 2. The number of aromatic nitrogens is 3. The number of esters is 1. The van der Waals surface area contributed by atoms with Gasteiger partial charge < -0.3 is 16.2 Å². The molecule has 3 heterocycles. The first-order valence-corrected chi connectivity index (χ1v) is 8.32. The van der Waals surface area contributed by atoms with Crippen LogP contribution in [0.3, 0.4) is 0 Å². The topological polar surface area (TPSA) is 154 Å². The van der Waals surface area contributed by atoms with Gasteiger partial charge in [-0.1, -0.05) is 0 Å². The fraction of sp³-hybridized carbons (Fsp3) is 0.375. The van der Waals surface area contributed by atoms with E-state index in [4.69, 9.17) is 16.2 Å². The molecule has 27 heavy (non-hydrogen) atoms. The standard InChI is InChI=1S/C16H20N8O3/c1-27-16(26)11-5-3-7-23(11)9-12(25)24-15(18)13(14(17)22-24)21-20-10-4-2-6-19-8-10/h2,4,6,8,11H,3,5,7,9,18H2,1H3,(H2,17,22)/b21-20+. The molecule has 0 bridgehead atoms. The summed E-state index contributed by atoms with van der Waals surface area (Å²) in [7, 11) is 1.33. The first kappa shape index (κ1) is 18.5. The van der Waals surface area contributed by atoms with Gasteiger partial charge in [0.25, 0.3) is 5.91 Å². The van der Waals surface area contributed by atoms with Crippen molar-refractivity contribution in [3.05, 3.63) is 24.5 Å². The highest BCUT2D eigenvalue weighted by atomic mass is 16.5. The third kappa shape index (κ3) is 3.92. The number of nitrogens with zero attached hydrogens (tertiary/aromatic N) is 6. The molecule has 1 aliphatic rings. The SMILES string of the molecule is COC(=O)C1CCCN1CC(=O)n1nc(N)c(/N=N/c2cccnc2)c1N. The summed E-state index contributed by atoms with van der Waals surface area (Å²) in [5.41, 5.74) is 12.4. The minimum absolute atomic E-state index is 0.0144. The predicted molar refractivity (Wildman–Crippen MR) is 96.7 cm³/mol. The van der Waals surface area contributed by atoms with E-state index in [0.717, 1.165) is 11.1 Å². The second-order valence-corrected chi connectivity index (χ2v) is 5.99. The lowest BCUT2D eigenvalue weighted by Gasteiger charge is -2.21. The van der Waals surface area contributed by atoms with Crippen LogP contribution < -0.4 is 11.5 Å². The largest absolute Gasteiger partial charge is 0.468 e. The average Bonchev–Trinajstić information content (AvgIpc) is 3.24. The molecule has 11 heteroatoms. The summed E-state index contributed by atoms with van der Waals surface area (Å²) in [6, 6.07) is 2.97. The van der Waals surface area contributed by atoms with Crippen LogP contribution in [0.1, 0.15) is 17.6 Å². The molecule has 0 spiro atoms. The smallest absolute Gasteiger partial charge is 0.323 e. The summed E-state index contributed by atoms with van der Waals surface area (Å²) in [4.78, 5) is 30.1. The molecular weight excluding hydrogens is 352 g/mol. The van der Waals surface area contributed by atoms with Crippen molar-refractivity contribution in [1.82, 2.24) is 19.7 Å². The van der Waals surface area contributed by atoms with Crippen molar-refractivity contribution in [3.8, 4) is 0 Å². The number of nitrogen functional groups attached to an aromatic ring is 2. The number of likely N-dealkylation sites (tertiary alicyclic amines) is 1. The van der Waals surface area contributed by atoms with Crippen molar-refractivity contribution in [2.45, 2.75) is 18.9 Å². The van der Waals surface area contributed by atoms with Gasteiger partial charge in [-0.25, -0.2) is 0 Å². The van der Waals surface area contributed by atoms with E-state index in [0.29, 0.717) is 18.7 Å². The van der Waals surface area contributed by atoms with E-state index < -0.39 is 11.9 Å². The lowest BCUT2D eigenvalue weighted by Crippen LogP contribution is -2.41. The molecule has 0 radical (unpaired) electrons. The number of hydrogen-bond acceptors (Lipinski definition) is 10. The summed E-state index contributed by atoms with van der Waals surface area (Å²) < 4.78 is 5.77. The Kier molecular flexibility index (Phi) is 5.41. The van der Waals surface area contributed by atoms with Gasteiger partial charge in [-0.05, 0) is 31.5 Å². The monoisotopic (exact) mass is 372 g/mol. The van der Waals surface area contributed by atoms with Gasteiger partial charge >= 0.3 is 5.97 Å². The first-order valence-electron chi connectivity index (χ1n) is 8.32. The first-order chi connectivity index (χ1) is 13.0. The molecule has 1 aliphatic heterocycles. The molecule has 2 aromatic heterocycles. The maximum atomic E-state index is 12.6. The average molecular weight is 372 g/mol. The van der Waals surface area contributed by atoms with Gasteiger partial charge in [-0.15, -0.1) is 15.3 Å². The Bertz CT molecular complexity index is 864. The lowest BCUT2D eigenvalue weighted by atomic mass is 10.2. The number of anilines is 2. The molecule has 4 N–H and O–H groups in total. The van der Waals surface area contributed by atoms with Crippen molar-refractivity contribution in [1.29, 1.82) is 0 Å². The number of pyridine rings is 1. The zero-order valence-electron chi connectivity index (χ0n) is 14.8. The minimum atomic E-state index is -0.446. The Hall–Kier alpha value is -3.34. The summed E-state index contributed by atoms with van der Waals surface area (Å²) in [6.45, 7) is 0.569. The van der Waals surface area contributed by atoms with Gasteiger partial charge in [0.05, 0.1) is 19.9 Å². The zero-order valence-corrected chi connectivity index (χ0v) is 14.8. The Balaban J connectivity index is 1.76. The molecule has 0 saturated carbocycles. The molecule has 0 aliphatic carbocycles. The van der Waals surface area contributed by atoms with E-state index in [1.807, 2.05) is 0 Å². The van der Waals surface area contributed by atoms with Crippen LogP contribution in [0.2, 0.25) is 0 Å². The predicted octanol–water partition coefficient (Wildman–Crippen LogP) is 1.14. The van der Waals surface area contributed by atoms with Crippen molar-refractivity contribution in [2.75, 3.05) is 31.7 Å². The van der Waals surface area contributed by atoms with Crippen molar-refractivity contribution in [2.24, 2.45) is 10.2 Å².